The number of hydrogen-bond acceptors (Lipinski definition) is 4. The molecule has 0 fully saturated rings. The van der Waals surface area contributed by atoms with E-state index in [0.29, 0.717) is 22.3 Å². The minimum atomic E-state index is -4.68. The summed E-state index contributed by atoms with van der Waals surface area (Å²) in [7, 11) is -3.77. The van der Waals surface area contributed by atoms with Crippen molar-refractivity contribution in [3.8, 4) is 0 Å². The van der Waals surface area contributed by atoms with Crippen LogP contribution in [0.4, 0.5) is 13.2 Å². The molecule has 2 heterocycles. The zero-order chi connectivity index (χ0) is 22.5. The Kier molecular flexibility index (Phi) is 5.34. The summed E-state index contributed by atoms with van der Waals surface area (Å²) in [4.78, 5) is 15.3. The van der Waals surface area contributed by atoms with Gasteiger partial charge in [-0.3, -0.25) is 4.79 Å². The van der Waals surface area contributed by atoms with Crippen LogP contribution >= 0.6 is 0 Å². The molecule has 0 aliphatic heterocycles. The molecule has 6 nitrogen and oxygen atoms in total. The van der Waals surface area contributed by atoms with Crippen LogP contribution in [0.3, 0.4) is 0 Å². The van der Waals surface area contributed by atoms with Crippen LogP contribution in [0, 0.1) is 12.3 Å². The lowest BCUT2D eigenvalue weighted by Crippen LogP contribution is -2.40. The molecule has 1 aliphatic carbocycles. The molecule has 3 rings (SSSR count). The maximum atomic E-state index is 14.1. The molecular formula is C20H21F3N2O4S. The van der Waals surface area contributed by atoms with E-state index in [1.807, 2.05) is 0 Å². The Morgan fingerprint density at radius 2 is 2.00 bits per heavy atom. The Morgan fingerprint density at radius 1 is 1.33 bits per heavy atom. The van der Waals surface area contributed by atoms with Crippen molar-refractivity contribution in [3.63, 3.8) is 0 Å². The first-order valence-electron chi connectivity index (χ1n) is 9.07. The van der Waals surface area contributed by atoms with E-state index < -0.39 is 33.8 Å². The second kappa shape index (κ2) is 7.26. The van der Waals surface area contributed by atoms with Crippen molar-refractivity contribution >= 4 is 26.8 Å². The lowest BCUT2D eigenvalue weighted by Gasteiger charge is -2.37. The molecule has 0 saturated heterocycles. The lowest BCUT2D eigenvalue weighted by atomic mass is 9.75. The number of aromatic nitrogens is 2. The third-order valence-electron chi connectivity index (χ3n) is 5.67. The molecule has 10 heteroatoms. The van der Waals surface area contributed by atoms with Gasteiger partial charge in [0.05, 0.1) is 11.8 Å². The molecule has 1 N–H and O–H groups in total. The van der Waals surface area contributed by atoms with Gasteiger partial charge in [-0.2, -0.15) is 13.2 Å². The highest BCUT2D eigenvalue weighted by atomic mass is 32.2. The number of alkyl halides is 3. The van der Waals surface area contributed by atoms with Gasteiger partial charge in [-0.1, -0.05) is 6.08 Å². The van der Waals surface area contributed by atoms with E-state index in [1.54, 1.807) is 23.6 Å². The third-order valence-corrected chi connectivity index (χ3v) is 6.91. The van der Waals surface area contributed by atoms with Crippen molar-refractivity contribution in [1.82, 2.24) is 9.55 Å². The first-order chi connectivity index (χ1) is 13.8. The molecule has 0 radical (unpaired) electrons. The molecular weight excluding hydrogens is 421 g/mol. The third kappa shape index (κ3) is 3.76. The maximum Gasteiger partial charge on any atom is 0.398 e. The van der Waals surface area contributed by atoms with E-state index in [4.69, 9.17) is 0 Å². The van der Waals surface area contributed by atoms with E-state index >= 15 is 0 Å². The van der Waals surface area contributed by atoms with E-state index in [9.17, 15) is 31.5 Å². The zero-order valence-corrected chi connectivity index (χ0v) is 17.4. The molecule has 1 aliphatic rings. The number of pyridine rings is 1. The molecule has 0 bridgehead atoms. The van der Waals surface area contributed by atoms with Crippen LogP contribution in [-0.4, -0.2) is 41.5 Å². The van der Waals surface area contributed by atoms with Crippen LogP contribution < -0.4 is 0 Å². The minimum Gasteiger partial charge on any atom is -0.481 e. The smallest absolute Gasteiger partial charge is 0.398 e. The number of fused-ring (bicyclic) bond motifs is 1. The summed E-state index contributed by atoms with van der Waals surface area (Å²) in [5.41, 5.74) is -1.02. The Morgan fingerprint density at radius 3 is 2.57 bits per heavy atom. The van der Waals surface area contributed by atoms with Gasteiger partial charge in [-0.25, -0.2) is 13.4 Å². The van der Waals surface area contributed by atoms with Crippen molar-refractivity contribution in [1.29, 1.82) is 0 Å². The largest absolute Gasteiger partial charge is 0.481 e. The van der Waals surface area contributed by atoms with Crippen molar-refractivity contribution in [3.05, 3.63) is 52.2 Å². The van der Waals surface area contributed by atoms with Gasteiger partial charge in [0.2, 0.25) is 0 Å². The molecule has 0 spiro atoms. The number of sulfone groups is 1. The summed E-state index contributed by atoms with van der Waals surface area (Å²) < 4.78 is 67.5. The van der Waals surface area contributed by atoms with Crippen molar-refractivity contribution in [2.45, 2.75) is 39.4 Å². The molecule has 1 unspecified atom stereocenters. The van der Waals surface area contributed by atoms with Gasteiger partial charge in [-0.05, 0) is 43.2 Å². The molecule has 1 atom stereocenters. The first-order valence-corrected chi connectivity index (χ1v) is 11.0. The van der Waals surface area contributed by atoms with E-state index in [1.165, 1.54) is 18.3 Å². The van der Waals surface area contributed by atoms with Crippen LogP contribution in [-0.2, 0) is 27.6 Å². The van der Waals surface area contributed by atoms with Crippen LogP contribution in [0.1, 0.15) is 24.6 Å². The second-order valence-electron chi connectivity index (χ2n) is 7.70. The summed E-state index contributed by atoms with van der Waals surface area (Å²) in [5.74, 6) is -1.06. The summed E-state index contributed by atoms with van der Waals surface area (Å²) in [6, 6.07) is 3.32. The average molecular weight is 442 g/mol. The number of allylic oxidation sites excluding steroid dienone is 4. The number of hydrogen-bond donors (Lipinski definition) is 1. The molecule has 0 amide bonds. The van der Waals surface area contributed by atoms with Crippen LogP contribution in [0.2, 0.25) is 0 Å². The molecule has 0 saturated carbocycles. The number of carboxylic acid groups (broad SMARTS) is 1. The fourth-order valence-corrected chi connectivity index (χ4v) is 4.63. The Balaban J connectivity index is 2.18. The van der Waals surface area contributed by atoms with Crippen molar-refractivity contribution in [2.75, 3.05) is 6.26 Å². The lowest BCUT2D eigenvalue weighted by molar-refractivity contribution is -0.204. The number of nitrogens with zero attached hydrogens (tertiary/aromatic N) is 2. The van der Waals surface area contributed by atoms with Gasteiger partial charge in [0.15, 0.2) is 9.84 Å². The fourth-order valence-electron chi connectivity index (χ4n) is 3.76. The maximum absolute atomic E-state index is 14.1. The summed E-state index contributed by atoms with van der Waals surface area (Å²) in [6.07, 6.45) is -0.854. The first kappa shape index (κ1) is 22.1. The highest BCUT2D eigenvalue weighted by Crippen LogP contribution is 2.51. The van der Waals surface area contributed by atoms with E-state index in [-0.39, 0.29) is 23.4 Å². The van der Waals surface area contributed by atoms with Crippen molar-refractivity contribution < 1.29 is 31.5 Å². The minimum absolute atomic E-state index is 0.0186. The molecule has 30 heavy (non-hydrogen) atoms. The zero-order valence-electron chi connectivity index (χ0n) is 16.6. The Hall–Kier alpha value is -2.62. The van der Waals surface area contributed by atoms with Crippen LogP contribution in [0.5, 0.6) is 0 Å². The summed E-state index contributed by atoms with van der Waals surface area (Å²) in [6.45, 7) is 2.44. The Bertz CT molecular complexity index is 1190. The van der Waals surface area contributed by atoms with Gasteiger partial charge in [0, 0.05) is 41.4 Å². The standard InChI is InChI=1S/C20H21F3N2O4S/c1-12-16(9-17(26)27)15-5-4-8-24-18(15)25(12)11-13-6-7-14(30(3,28)29)10-19(13,2)20(21,22)23/h4-8H,9-11H2,1-3H3,(H,26,27). The number of carboxylic acids is 1. The molecule has 162 valence electrons. The number of rotatable bonds is 5. The van der Waals surface area contributed by atoms with Crippen molar-refractivity contribution in [2.24, 2.45) is 5.41 Å². The SMILES string of the molecule is Cc1c(CC(=O)O)c2cccnc2n1CC1=CC=C(S(C)(=O)=O)CC1(C)C(F)(F)F. The van der Waals surface area contributed by atoms with Crippen LogP contribution in [0.15, 0.2) is 41.0 Å². The van der Waals surface area contributed by atoms with Crippen LogP contribution in [0.25, 0.3) is 11.0 Å². The number of aliphatic carboxylic acids is 1. The topological polar surface area (TPSA) is 89.3 Å². The normalized spacial score (nSPS) is 20.2. The summed E-state index contributed by atoms with van der Waals surface area (Å²) in [5, 5.41) is 9.79. The fraction of sp³-hybridized carbons (Fsp3) is 0.400. The molecule has 2 aromatic heterocycles. The van der Waals surface area contributed by atoms with E-state index in [2.05, 4.69) is 4.98 Å². The predicted octanol–water partition coefficient (Wildman–Crippen LogP) is 3.80. The number of carbonyl (C=O) groups is 1. The van der Waals surface area contributed by atoms with Gasteiger partial charge in [-0.15, -0.1) is 0 Å². The van der Waals surface area contributed by atoms with E-state index in [0.717, 1.165) is 13.2 Å². The second-order valence-corrected chi connectivity index (χ2v) is 9.77. The monoisotopic (exact) mass is 442 g/mol. The quantitative estimate of drug-likeness (QED) is 0.761. The van der Waals surface area contributed by atoms with Gasteiger partial charge in [0.25, 0.3) is 0 Å². The summed E-state index contributed by atoms with van der Waals surface area (Å²) >= 11 is 0. The molecule has 0 aromatic carbocycles. The molecule has 2 aromatic rings. The number of halogens is 3. The highest BCUT2D eigenvalue weighted by Gasteiger charge is 2.55. The Labute approximate surface area is 171 Å². The van der Waals surface area contributed by atoms with Gasteiger partial charge >= 0.3 is 12.1 Å². The van der Waals surface area contributed by atoms with Gasteiger partial charge in [0.1, 0.15) is 5.65 Å². The van der Waals surface area contributed by atoms with Gasteiger partial charge < -0.3 is 9.67 Å². The highest BCUT2D eigenvalue weighted by molar-refractivity contribution is 7.94. The average Bonchev–Trinajstić information content (AvgIpc) is 2.87. The predicted molar refractivity (Wildman–Crippen MR) is 106 cm³/mol.